The van der Waals surface area contributed by atoms with Crippen LogP contribution in [0.3, 0.4) is 0 Å². The molecule has 4 fully saturated rings. The van der Waals surface area contributed by atoms with Crippen LogP contribution in [0.4, 0.5) is 0 Å². The van der Waals surface area contributed by atoms with Crippen LogP contribution < -0.4 is 4.74 Å². The van der Waals surface area contributed by atoms with E-state index < -0.39 is 74.5 Å². The van der Waals surface area contributed by atoms with Crippen LogP contribution in [0.25, 0.3) is 11.0 Å². The molecule has 11 heteroatoms. The van der Waals surface area contributed by atoms with Crippen molar-refractivity contribution in [3.05, 3.63) is 34.0 Å². The van der Waals surface area contributed by atoms with E-state index in [1.165, 1.54) is 0 Å². The third-order valence-electron chi connectivity index (χ3n) is 13.0. The van der Waals surface area contributed by atoms with Crippen molar-refractivity contribution in [1.82, 2.24) is 0 Å². The molecule has 10 nitrogen and oxygen atoms in total. The number of carbonyl (C=O) groups excluding carboxylic acids is 4. The molecule has 46 heavy (non-hydrogen) atoms. The molecule has 0 radical (unpaired) electrons. The lowest BCUT2D eigenvalue weighted by Crippen LogP contribution is -2.57. The lowest BCUT2D eigenvalue weighted by atomic mass is 9.66. The molecule has 2 saturated carbocycles. The summed E-state index contributed by atoms with van der Waals surface area (Å²) in [6.07, 6.45) is -0.996. The highest BCUT2D eigenvalue weighted by Crippen LogP contribution is 2.67. The molecule has 1 aromatic carbocycles. The first-order valence-electron chi connectivity index (χ1n) is 15.8. The Labute approximate surface area is 272 Å². The van der Waals surface area contributed by atoms with Crippen molar-refractivity contribution < 1.29 is 47.3 Å². The van der Waals surface area contributed by atoms with Crippen LogP contribution in [0, 0.1) is 33.3 Å². The normalized spacial score (nSPS) is 37.3. The molecule has 2 aliphatic carbocycles. The highest BCUT2D eigenvalue weighted by atomic mass is 32.1. The van der Waals surface area contributed by atoms with Crippen molar-refractivity contribution >= 4 is 47.1 Å². The van der Waals surface area contributed by atoms with E-state index in [1.807, 2.05) is 60.6 Å². The SMILES string of the molecule is Cc1cc2c(c3oc(=S)ccc13)[C@@H](OC(=O)C13CCC(C)(C(=O)O1)C3(C)C)[C@@H](OC(=O)C13CCC(C)(C(=O)O1)C3(C)C)C(C)(C)O2. The standard InChI is InChI=1S/C35H40O10S/c1-17-16-19-21(22-18(17)10-11-20(46)40-22)23(41-27(38)34-14-12-32(8,25(36)44-34)30(34,4)5)24(29(2,3)43-19)42-28(39)35-15-13-33(9,26(37)45-35)31(35,6)7/h10-11,16,23-24H,12-15H2,1-9H3/t23-,24-,32?,33?,34?,35?/m1/s1. The Morgan fingerprint density at radius 3 is 1.78 bits per heavy atom. The van der Waals surface area contributed by atoms with Crippen molar-refractivity contribution in [2.75, 3.05) is 0 Å². The molecule has 7 rings (SSSR count). The minimum Gasteiger partial charge on any atom is -0.483 e. The number of carbonyl (C=O) groups is 4. The number of ether oxygens (including phenoxy) is 5. The second kappa shape index (κ2) is 8.90. The number of fused-ring (bicyclic) bond motifs is 7. The summed E-state index contributed by atoms with van der Waals surface area (Å²) < 4.78 is 37.3. The Hall–Kier alpha value is -3.47. The van der Waals surface area contributed by atoms with E-state index in [2.05, 4.69) is 0 Å². The number of hydrogen-bond donors (Lipinski definition) is 0. The van der Waals surface area contributed by atoms with Gasteiger partial charge in [-0.1, -0.05) is 27.7 Å². The Morgan fingerprint density at radius 2 is 1.30 bits per heavy atom. The summed E-state index contributed by atoms with van der Waals surface area (Å²) in [7, 11) is 0. The predicted octanol–water partition coefficient (Wildman–Crippen LogP) is 6.38. The summed E-state index contributed by atoms with van der Waals surface area (Å²) in [5, 5.41) is 0.706. The van der Waals surface area contributed by atoms with Crippen LogP contribution in [0.5, 0.6) is 5.75 Å². The second-order valence-corrected chi connectivity index (χ2v) is 16.2. The Bertz CT molecular complexity index is 1840. The molecule has 4 heterocycles. The number of aryl methyl sites for hydroxylation is 1. The van der Waals surface area contributed by atoms with Gasteiger partial charge < -0.3 is 28.1 Å². The quantitative estimate of drug-likeness (QED) is 0.207. The second-order valence-electron chi connectivity index (χ2n) is 15.8. The molecule has 3 aliphatic heterocycles. The Kier molecular flexibility index (Phi) is 6.03. The zero-order valence-electron chi connectivity index (χ0n) is 27.7. The maximum absolute atomic E-state index is 14.5. The fourth-order valence-electron chi connectivity index (χ4n) is 8.75. The largest absolute Gasteiger partial charge is 0.483 e. The van der Waals surface area contributed by atoms with Crippen LogP contribution >= 0.6 is 12.2 Å². The van der Waals surface area contributed by atoms with Crippen molar-refractivity contribution in [3.8, 4) is 5.75 Å². The maximum atomic E-state index is 14.5. The van der Waals surface area contributed by atoms with Crippen molar-refractivity contribution in [2.24, 2.45) is 21.7 Å². The van der Waals surface area contributed by atoms with Gasteiger partial charge in [-0.25, -0.2) is 9.59 Å². The smallest absolute Gasteiger partial charge is 0.351 e. The van der Waals surface area contributed by atoms with Gasteiger partial charge in [-0.15, -0.1) is 0 Å². The number of hydrogen-bond acceptors (Lipinski definition) is 11. The van der Waals surface area contributed by atoms with Gasteiger partial charge in [-0.2, -0.15) is 0 Å². The van der Waals surface area contributed by atoms with Crippen molar-refractivity contribution in [1.29, 1.82) is 0 Å². The highest BCUT2D eigenvalue weighted by Gasteiger charge is 2.78. The van der Waals surface area contributed by atoms with E-state index in [0.29, 0.717) is 41.5 Å². The summed E-state index contributed by atoms with van der Waals surface area (Å²) in [6.45, 7) is 16.4. The summed E-state index contributed by atoms with van der Waals surface area (Å²) in [6, 6.07) is 5.30. The summed E-state index contributed by atoms with van der Waals surface area (Å²) in [4.78, 5) is 55.0. The average molecular weight is 653 g/mol. The van der Waals surface area contributed by atoms with Gasteiger partial charge in [0, 0.05) is 16.2 Å². The minimum absolute atomic E-state index is 0.198. The maximum Gasteiger partial charge on any atom is 0.351 e. The Morgan fingerprint density at radius 1 is 0.783 bits per heavy atom. The Balaban J connectivity index is 1.37. The average Bonchev–Trinajstić information content (AvgIpc) is 3.42. The topological polar surface area (TPSA) is 128 Å². The zero-order chi connectivity index (χ0) is 33.6. The highest BCUT2D eigenvalue weighted by molar-refractivity contribution is 7.71. The molecule has 1 aromatic heterocycles. The fourth-order valence-corrected chi connectivity index (χ4v) is 8.90. The number of rotatable bonds is 4. The molecule has 0 spiro atoms. The molecule has 2 saturated heterocycles. The van der Waals surface area contributed by atoms with E-state index in [4.69, 9.17) is 40.3 Å². The molecule has 4 bridgehead atoms. The van der Waals surface area contributed by atoms with E-state index in [-0.39, 0.29) is 11.1 Å². The van der Waals surface area contributed by atoms with Gasteiger partial charge in [-0.3, -0.25) is 9.59 Å². The monoisotopic (exact) mass is 652 g/mol. The van der Waals surface area contributed by atoms with E-state index in [1.54, 1.807) is 19.9 Å². The van der Waals surface area contributed by atoms with Gasteiger partial charge in [0.25, 0.3) is 0 Å². The van der Waals surface area contributed by atoms with Crippen LogP contribution in [-0.2, 0) is 38.1 Å². The first kappa shape index (κ1) is 31.1. The van der Waals surface area contributed by atoms with E-state index in [9.17, 15) is 19.2 Å². The molecule has 4 unspecified atom stereocenters. The zero-order valence-corrected chi connectivity index (χ0v) is 28.5. The number of esters is 4. The van der Waals surface area contributed by atoms with E-state index >= 15 is 0 Å². The molecule has 0 N–H and O–H groups in total. The van der Waals surface area contributed by atoms with Crippen LogP contribution in [0.15, 0.2) is 22.6 Å². The minimum atomic E-state index is -1.55. The first-order valence-corrected chi connectivity index (χ1v) is 16.3. The van der Waals surface area contributed by atoms with Gasteiger partial charge in [0.2, 0.25) is 11.2 Å². The molecule has 5 aliphatic rings. The summed E-state index contributed by atoms with van der Waals surface area (Å²) in [5.74, 6) is -2.00. The van der Waals surface area contributed by atoms with E-state index in [0.717, 1.165) is 5.56 Å². The molecule has 0 amide bonds. The predicted molar refractivity (Wildman–Crippen MR) is 165 cm³/mol. The molecule has 246 valence electrons. The molecular formula is C35H40O10S. The van der Waals surface area contributed by atoms with Gasteiger partial charge in [0.15, 0.2) is 16.9 Å². The molecule has 6 atom stereocenters. The number of benzene rings is 1. The first-order chi connectivity index (χ1) is 21.2. The fraction of sp³-hybridized carbons (Fsp3) is 0.629. The summed E-state index contributed by atoms with van der Waals surface area (Å²) in [5.41, 5.74) is -6.30. The molecule has 2 aromatic rings. The van der Waals surface area contributed by atoms with Gasteiger partial charge >= 0.3 is 23.9 Å². The lowest BCUT2D eigenvalue weighted by molar-refractivity contribution is -0.217. The van der Waals surface area contributed by atoms with Gasteiger partial charge in [0.05, 0.1) is 16.4 Å². The van der Waals surface area contributed by atoms with Crippen molar-refractivity contribution in [2.45, 2.75) is 117 Å². The third kappa shape index (κ3) is 3.40. The lowest BCUT2D eigenvalue weighted by Gasteiger charge is -2.46. The third-order valence-corrected chi connectivity index (χ3v) is 13.2. The van der Waals surface area contributed by atoms with Crippen molar-refractivity contribution in [3.63, 3.8) is 0 Å². The van der Waals surface area contributed by atoms with Crippen LogP contribution in [0.2, 0.25) is 0 Å². The van der Waals surface area contributed by atoms with Gasteiger partial charge in [0.1, 0.15) is 16.9 Å². The van der Waals surface area contributed by atoms with Gasteiger partial charge in [-0.05, 0) is 96.3 Å². The van der Waals surface area contributed by atoms with Crippen LogP contribution in [-0.4, -0.2) is 46.8 Å². The van der Waals surface area contributed by atoms with Crippen LogP contribution in [0.1, 0.15) is 98.3 Å². The summed E-state index contributed by atoms with van der Waals surface area (Å²) >= 11 is 5.39. The molecular weight excluding hydrogens is 612 g/mol.